The summed E-state index contributed by atoms with van der Waals surface area (Å²) in [7, 11) is 0. The second-order valence-corrected chi connectivity index (χ2v) is 6.24. The van der Waals surface area contributed by atoms with Crippen LogP contribution in [0.15, 0.2) is 30.3 Å². The second-order valence-electron chi connectivity index (χ2n) is 4.55. The minimum absolute atomic E-state index is 0.0508. The molecule has 0 amide bonds. The number of rotatable bonds is 4. The first kappa shape index (κ1) is 12.7. The molecule has 1 rings (SSSR count). The van der Waals surface area contributed by atoms with Crippen molar-refractivity contribution in [2.24, 2.45) is 0 Å². The number of hydrogen-bond acceptors (Lipinski definition) is 2. The molecular formula is C12H18O2Se. The molecule has 0 bridgehead atoms. The molecule has 0 aliphatic carbocycles. The summed E-state index contributed by atoms with van der Waals surface area (Å²) in [4.78, 5) is 0. The molecule has 3 heteroatoms. The zero-order valence-electron chi connectivity index (χ0n) is 9.65. The van der Waals surface area contributed by atoms with Gasteiger partial charge in [-0.1, -0.05) is 0 Å². The van der Waals surface area contributed by atoms with Crippen molar-refractivity contribution in [2.75, 3.05) is 0 Å². The van der Waals surface area contributed by atoms with Crippen LogP contribution in [0.2, 0.25) is 0 Å². The Bertz CT molecular complexity index is 301. The molecule has 0 atom stereocenters. The van der Waals surface area contributed by atoms with Crippen LogP contribution in [-0.2, 0) is 3.82 Å². The van der Waals surface area contributed by atoms with E-state index < -0.39 is 11.2 Å². The van der Waals surface area contributed by atoms with Gasteiger partial charge < -0.3 is 0 Å². The van der Waals surface area contributed by atoms with Crippen LogP contribution in [0, 0.1) is 0 Å². The van der Waals surface area contributed by atoms with Gasteiger partial charge in [-0.2, -0.15) is 0 Å². The topological polar surface area (TPSA) is 29.5 Å². The van der Waals surface area contributed by atoms with E-state index in [0.29, 0.717) is 0 Å². The third kappa shape index (κ3) is 3.62. The molecule has 0 radical (unpaired) electrons. The van der Waals surface area contributed by atoms with Crippen molar-refractivity contribution < 1.29 is 8.93 Å². The predicted octanol–water partition coefficient (Wildman–Crippen LogP) is 1.50. The molecule has 1 N–H and O–H groups in total. The summed E-state index contributed by atoms with van der Waals surface area (Å²) in [6.45, 7) is 7.37. The molecule has 15 heavy (non-hydrogen) atoms. The summed E-state index contributed by atoms with van der Waals surface area (Å²) in [5.74, 6) is 0. The molecule has 2 nitrogen and oxygen atoms in total. The van der Waals surface area contributed by atoms with Crippen molar-refractivity contribution in [3.63, 3.8) is 0 Å². The summed E-state index contributed by atoms with van der Waals surface area (Å²) < 4.78 is 6.98. The molecule has 0 aliphatic heterocycles. The molecule has 0 spiro atoms. The number of aliphatic hydroxyl groups is 1. The van der Waals surface area contributed by atoms with Crippen molar-refractivity contribution in [1.29, 1.82) is 0 Å². The SMILES string of the molecule is CC(C)(O)C(C)(C)O[Se]c1ccccc1. The normalized spacial score (nSPS) is 12.9. The first-order valence-corrected chi connectivity index (χ1v) is 6.52. The molecular weight excluding hydrogens is 255 g/mol. The maximum absolute atomic E-state index is 9.91. The van der Waals surface area contributed by atoms with Gasteiger partial charge in [0.2, 0.25) is 0 Å². The van der Waals surface area contributed by atoms with Gasteiger partial charge >= 0.3 is 97.9 Å². The Morgan fingerprint density at radius 2 is 1.60 bits per heavy atom. The third-order valence-electron chi connectivity index (χ3n) is 2.56. The standard InChI is InChI=1S/C12H18O2Se/c1-11(2,13)12(3,4)14-15-10-8-6-5-7-9-10/h5-9,13H,1-4H3. The Kier molecular flexibility index (Phi) is 3.96. The summed E-state index contributed by atoms with van der Waals surface area (Å²) in [6, 6.07) is 10.1. The first-order valence-electron chi connectivity index (χ1n) is 4.96. The van der Waals surface area contributed by atoms with E-state index in [2.05, 4.69) is 0 Å². The van der Waals surface area contributed by atoms with Gasteiger partial charge in [-0.05, 0) is 0 Å². The average Bonchev–Trinajstić information content (AvgIpc) is 2.15. The van der Waals surface area contributed by atoms with Crippen LogP contribution in [-0.4, -0.2) is 31.6 Å². The van der Waals surface area contributed by atoms with Crippen LogP contribution in [0.25, 0.3) is 0 Å². The number of hydrogen-bond donors (Lipinski definition) is 1. The fourth-order valence-electron chi connectivity index (χ4n) is 0.730. The van der Waals surface area contributed by atoms with E-state index in [9.17, 15) is 5.11 Å². The van der Waals surface area contributed by atoms with Gasteiger partial charge in [0, 0.05) is 0 Å². The molecule has 1 aromatic rings. The average molecular weight is 273 g/mol. The fourth-order valence-corrected chi connectivity index (χ4v) is 2.36. The van der Waals surface area contributed by atoms with Crippen LogP contribution < -0.4 is 4.46 Å². The van der Waals surface area contributed by atoms with Gasteiger partial charge in [0.05, 0.1) is 0 Å². The van der Waals surface area contributed by atoms with E-state index in [4.69, 9.17) is 3.82 Å². The molecule has 0 fully saturated rings. The summed E-state index contributed by atoms with van der Waals surface area (Å²) in [5, 5.41) is 9.91. The van der Waals surface area contributed by atoms with Gasteiger partial charge in [0.1, 0.15) is 0 Å². The second kappa shape index (κ2) is 4.67. The molecule has 1 aromatic carbocycles. The van der Waals surface area contributed by atoms with Gasteiger partial charge in [0.15, 0.2) is 0 Å². The zero-order chi connectivity index (χ0) is 11.5. The molecule has 0 heterocycles. The van der Waals surface area contributed by atoms with Crippen LogP contribution >= 0.6 is 0 Å². The Hall–Kier alpha value is -0.341. The molecule has 84 valence electrons. The van der Waals surface area contributed by atoms with Crippen molar-refractivity contribution in [3.8, 4) is 0 Å². The van der Waals surface area contributed by atoms with Gasteiger partial charge in [-0.15, -0.1) is 0 Å². The minimum atomic E-state index is -0.830. The summed E-state index contributed by atoms with van der Waals surface area (Å²) in [5.41, 5.74) is -1.35. The van der Waals surface area contributed by atoms with E-state index in [1.54, 1.807) is 13.8 Å². The maximum atomic E-state index is 9.91. The van der Waals surface area contributed by atoms with E-state index in [0.717, 1.165) is 0 Å². The third-order valence-corrected chi connectivity index (χ3v) is 4.59. The van der Waals surface area contributed by atoms with Crippen molar-refractivity contribution >= 4 is 19.7 Å². The van der Waals surface area contributed by atoms with E-state index in [1.807, 2.05) is 44.2 Å². The number of benzene rings is 1. The van der Waals surface area contributed by atoms with Crippen molar-refractivity contribution in [3.05, 3.63) is 30.3 Å². The van der Waals surface area contributed by atoms with E-state index >= 15 is 0 Å². The summed E-state index contributed by atoms with van der Waals surface area (Å²) >= 11 is -0.0508. The van der Waals surface area contributed by atoms with Crippen molar-refractivity contribution in [1.82, 2.24) is 0 Å². The van der Waals surface area contributed by atoms with Gasteiger partial charge in [-0.3, -0.25) is 0 Å². The summed E-state index contributed by atoms with van der Waals surface area (Å²) in [6.07, 6.45) is 0. The zero-order valence-corrected chi connectivity index (χ0v) is 11.4. The van der Waals surface area contributed by atoms with Gasteiger partial charge in [0.25, 0.3) is 0 Å². The molecule has 0 saturated heterocycles. The van der Waals surface area contributed by atoms with Crippen molar-refractivity contribution in [2.45, 2.75) is 38.9 Å². The Balaban J connectivity index is 2.58. The Morgan fingerprint density at radius 1 is 1.07 bits per heavy atom. The molecule has 0 saturated carbocycles. The fraction of sp³-hybridized carbons (Fsp3) is 0.500. The molecule has 0 aliphatic rings. The molecule has 0 aromatic heterocycles. The molecule has 0 unspecified atom stereocenters. The van der Waals surface area contributed by atoms with Crippen LogP contribution in [0.3, 0.4) is 0 Å². The first-order chi connectivity index (χ1) is 6.83. The van der Waals surface area contributed by atoms with Crippen LogP contribution in [0.5, 0.6) is 0 Å². The predicted molar refractivity (Wildman–Crippen MR) is 63.3 cm³/mol. The Labute approximate surface area is 98.1 Å². The monoisotopic (exact) mass is 274 g/mol. The quantitative estimate of drug-likeness (QED) is 0.842. The van der Waals surface area contributed by atoms with Crippen LogP contribution in [0.4, 0.5) is 0 Å². The van der Waals surface area contributed by atoms with Gasteiger partial charge in [-0.25, -0.2) is 0 Å². The van der Waals surface area contributed by atoms with Crippen LogP contribution in [0.1, 0.15) is 27.7 Å². The van der Waals surface area contributed by atoms with E-state index in [-0.39, 0.29) is 15.3 Å². The Morgan fingerprint density at radius 3 is 2.07 bits per heavy atom. The van der Waals surface area contributed by atoms with E-state index in [1.165, 1.54) is 4.46 Å².